The van der Waals surface area contributed by atoms with E-state index in [-0.39, 0.29) is 0 Å². The van der Waals surface area contributed by atoms with Crippen molar-refractivity contribution in [3.05, 3.63) is 82.7 Å². The van der Waals surface area contributed by atoms with Crippen LogP contribution >= 0.6 is 0 Å². The quantitative estimate of drug-likeness (QED) is 0.445. The first-order valence-corrected chi connectivity index (χ1v) is 8.44. The molecule has 0 unspecified atom stereocenters. The minimum absolute atomic E-state index is 1.17. The number of para-hydroxylation sites is 1. The Balaban J connectivity index is 2.05. The van der Waals surface area contributed by atoms with Gasteiger partial charge in [-0.25, -0.2) is 0 Å². The van der Waals surface area contributed by atoms with E-state index in [1.807, 2.05) is 0 Å². The van der Waals surface area contributed by atoms with Gasteiger partial charge in [-0.2, -0.15) is 0 Å². The van der Waals surface area contributed by atoms with Gasteiger partial charge in [0.15, 0.2) is 0 Å². The molecule has 0 spiro atoms. The predicted molar refractivity (Wildman–Crippen MR) is 96.7 cm³/mol. The lowest BCUT2D eigenvalue weighted by Crippen LogP contribution is -2.13. The van der Waals surface area contributed by atoms with Gasteiger partial charge in [-0.1, -0.05) is 36.4 Å². The molecule has 0 N–H and O–H groups in total. The number of hydrogen-bond acceptors (Lipinski definition) is 0. The van der Waals surface area contributed by atoms with E-state index in [1.165, 1.54) is 63.2 Å². The molecule has 1 heteroatoms. The first-order valence-electron chi connectivity index (χ1n) is 8.44. The normalized spacial score (nSPS) is 16.9. The van der Waals surface area contributed by atoms with Crippen LogP contribution < -0.4 is 5.22 Å². The van der Waals surface area contributed by atoms with Gasteiger partial charge in [-0.15, -0.1) is 0 Å². The molecule has 5 rings (SSSR count). The molecule has 0 aliphatic heterocycles. The van der Waals surface area contributed by atoms with Crippen LogP contribution in [-0.4, -0.2) is 4.40 Å². The zero-order valence-electron chi connectivity index (χ0n) is 13.3. The van der Waals surface area contributed by atoms with Crippen LogP contribution in [0.15, 0.2) is 60.8 Å². The van der Waals surface area contributed by atoms with E-state index in [2.05, 4.69) is 72.1 Å². The zero-order chi connectivity index (χ0) is 15.4. The molecule has 0 atom stereocenters. The van der Waals surface area contributed by atoms with Crippen molar-refractivity contribution in [2.45, 2.75) is 26.2 Å². The van der Waals surface area contributed by atoms with E-state index in [9.17, 15) is 0 Å². The summed E-state index contributed by atoms with van der Waals surface area (Å²) in [7, 11) is 0. The molecule has 0 saturated heterocycles. The number of aromatic nitrogens is 1. The lowest BCUT2D eigenvalue weighted by atomic mass is 9.83. The third-order valence-corrected chi connectivity index (χ3v) is 5.27. The van der Waals surface area contributed by atoms with E-state index in [1.54, 1.807) is 0 Å². The molecule has 2 aromatic carbocycles. The Morgan fingerprint density at radius 3 is 2.65 bits per heavy atom. The topological polar surface area (TPSA) is 4.41 Å². The van der Waals surface area contributed by atoms with Crippen LogP contribution in [0.25, 0.3) is 22.0 Å². The second-order valence-electron chi connectivity index (χ2n) is 6.60. The Morgan fingerprint density at radius 2 is 1.70 bits per heavy atom. The largest absolute Gasteiger partial charge is 0.316 e. The van der Waals surface area contributed by atoms with Gasteiger partial charge in [0.05, 0.1) is 11.0 Å². The highest BCUT2D eigenvalue weighted by atomic mass is 14.9. The number of benzene rings is 2. The SMILES string of the molecule is Cc1cccc2c1/C(=c1/c3ccccc3n3cccc13)CCC2. The Bertz CT molecular complexity index is 1100. The summed E-state index contributed by atoms with van der Waals surface area (Å²) in [5.74, 6) is 0. The molecule has 1 nitrogen and oxygen atoms in total. The van der Waals surface area contributed by atoms with Crippen molar-refractivity contribution in [1.29, 1.82) is 0 Å². The summed E-state index contributed by atoms with van der Waals surface area (Å²) >= 11 is 0. The fraction of sp³-hybridized carbons (Fsp3) is 0.182. The smallest absolute Gasteiger partial charge is 0.0538 e. The number of fused-ring (bicyclic) bond motifs is 4. The van der Waals surface area contributed by atoms with Gasteiger partial charge < -0.3 is 4.40 Å². The Morgan fingerprint density at radius 1 is 0.826 bits per heavy atom. The standard InChI is InChI=1S/C22H19N/c1-15-7-4-8-16-9-5-11-18(21(15)16)22-17-10-2-3-12-19(17)23-14-6-13-20(22)23/h2-4,6-8,10,12-14H,5,9,11H2,1H3/b22-18-. The minimum atomic E-state index is 1.17. The van der Waals surface area contributed by atoms with E-state index >= 15 is 0 Å². The monoisotopic (exact) mass is 297 g/mol. The zero-order valence-corrected chi connectivity index (χ0v) is 13.3. The average Bonchev–Trinajstić information content (AvgIpc) is 3.15. The van der Waals surface area contributed by atoms with Gasteiger partial charge in [-0.05, 0) is 66.6 Å². The number of nitrogens with zero attached hydrogens (tertiary/aromatic N) is 1. The third-order valence-electron chi connectivity index (χ3n) is 5.27. The Kier molecular flexibility index (Phi) is 2.66. The Labute approximate surface area is 135 Å². The summed E-state index contributed by atoms with van der Waals surface area (Å²) in [4.78, 5) is 0. The summed E-state index contributed by atoms with van der Waals surface area (Å²) in [6.45, 7) is 2.25. The molecule has 0 saturated carbocycles. The molecule has 4 aromatic rings. The molecule has 0 amide bonds. The van der Waals surface area contributed by atoms with Crippen LogP contribution in [0, 0.1) is 6.92 Å². The third kappa shape index (κ3) is 1.74. The molecular weight excluding hydrogens is 278 g/mol. The molecule has 2 aromatic heterocycles. The van der Waals surface area contributed by atoms with Crippen molar-refractivity contribution in [2.75, 3.05) is 0 Å². The molecular formula is C22H19N. The van der Waals surface area contributed by atoms with E-state index in [4.69, 9.17) is 0 Å². The summed E-state index contributed by atoms with van der Waals surface area (Å²) in [6, 6.07) is 20.0. The average molecular weight is 297 g/mol. The highest BCUT2D eigenvalue weighted by Gasteiger charge is 2.19. The van der Waals surface area contributed by atoms with Gasteiger partial charge in [0.25, 0.3) is 0 Å². The molecule has 112 valence electrons. The van der Waals surface area contributed by atoms with Crippen LogP contribution in [0.5, 0.6) is 0 Å². The maximum absolute atomic E-state index is 2.34. The van der Waals surface area contributed by atoms with E-state index in [0.717, 1.165) is 0 Å². The number of rotatable bonds is 0. The molecule has 1 aliphatic carbocycles. The number of aryl methyl sites for hydroxylation is 2. The van der Waals surface area contributed by atoms with Crippen LogP contribution in [0.3, 0.4) is 0 Å². The number of hydrogen-bond donors (Lipinski definition) is 0. The van der Waals surface area contributed by atoms with Crippen molar-refractivity contribution in [2.24, 2.45) is 0 Å². The van der Waals surface area contributed by atoms with Gasteiger partial charge in [0, 0.05) is 16.8 Å². The van der Waals surface area contributed by atoms with Crippen molar-refractivity contribution < 1.29 is 0 Å². The summed E-state index contributed by atoms with van der Waals surface area (Å²) in [5.41, 5.74) is 8.62. The highest BCUT2D eigenvalue weighted by Crippen LogP contribution is 2.32. The second-order valence-corrected chi connectivity index (χ2v) is 6.60. The van der Waals surface area contributed by atoms with Gasteiger partial charge in [-0.3, -0.25) is 0 Å². The lowest BCUT2D eigenvalue weighted by Gasteiger charge is -2.21. The molecule has 0 fully saturated rings. The predicted octanol–water partition coefficient (Wildman–Crippen LogP) is 4.66. The molecule has 2 heterocycles. The second kappa shape index (κ2) is 4.73. The maximum Gasteiger partial charge on any atom is 0.0538 e. The Hall–Kier alpha value is -2.54. The fourth-order valence-corrected chi connectivity index (χ4v) is 4.34. The molecule has 1 aliphatic rings. The summed E-state index contributed by atoms with van der Waals surface area (Å²) < 4.78 is 2.34. The van der Waals surface area contributed by atoms with Crippen LogP contribution in [0.4, 0.5) is 0 Å². The van der Waals surface area contributed by atoms with Crippen molar-refractivity contribution in [3.63, 3.8) is 0 Å². The van der Waals surface area contributed by atoms with Crippen LogP contribution in [0.1, 0.15) is 29.5 Å². The lowest BCUT2D eigenvalue weighted by molar-refractivity contribution is 0.817. The van der Waals surface area contributed by atoms with Crippen LogP contribution in [-0.2, 0) is 6.42 Å². The fourth-order valence-electron chi connectivity index (χ4n) is 4.34. The minimum Gasteiger partial charge on any atom is -0.316 e. The van der Waals surface area contributed by atoms with Gasteiger partial charge in [0.2, 0.25) is 0 Å². The first-order chi connectivity index (χ1) is 11.3. The highest BCUT2D eigenvalue weighted by molar-refractivity contribution is 5.93. The molecule has 23 heavy (non-hydrogen) atoms. The summed E-state index contributed by atoms with van der Waals surface area (Å²) in [6.07, 6.45) is 5.81. The molecule has 0 bridgehead atoms. The summed E-state index contributed by atoms with van der Waals surface area (Å²) in [5, 5.41) is 2.83. The van der Waals surface area contributed by atoms with Crippen LogP contribution in [0.2, 0.25) is 0 Å². The first kappa shape index (κ1) is 13.0. The van der Waals surface area contributed by atoms with E-state index in [0.29, 0.717) is 0 Å². The van der Waals surface area contributed by atoms with Gasteiger partial charge in [0.1, 0.15) is 0 Å². The van der Waals surface area contributed by atoms with Crippen molar-refractivity contribution in [3.8, 4) is 0 Å². The van der Waals surface area contributed by atoms with Crippen molar-refractivity contribution in [1.82, 2.24) is 4.40 Å². The van der Waals surface area contributed by atoms with Crippen molar-refractivity contribution >= 4 is 22.0 Å². The maximum atomic E-state index is 2.34. The van der Waals surface area contributed by atoms with E-state index < -0.39 is 0 Å². The van der Waals surface area contributed by atoms with Gasteiger partial charge >= 0.3 is 0 Å². The molecule has 0 radical (unpaired) electrons.